The number of benzene rings is 2. The Labute approximate surface area is 184 Å². The molecule has 1 aliphatic rings. The van der Waals surface area contributed by atoms with Crippen molar-refractivity contribution in [2.24, 2.45) is 11.5 Å². The Kier molecular flexibility index (Phi) is 7.42. The van der Waals surface area contributed by atoms with Crippen molar-refractivity contribution in [2.45, 2.75) is 45.6 Å². The number of imidazole rings is 1. The summed E-state index contributed by atoms with van der Waals surface area (Å²) in [6, 6.07) is 13.4. The lowest BCUT2D eigenvalue weighted by atomic mass is 9.85. The molecule has 0 atom stereocenters. The summed E-state index contributed by atoms with van der Waals surface area (Å²) in [5.74, 6) is 0.986. The van der Waals surface area contributed by atoms with Gasteiger partial charge in [0.25, 0.3) is 0 Å². The molecule has 5 heteroatoms. The van der Waals surface area contributed by atoms with Gasteiger partial charge in [-0.3, -0.25) is 0 Å². The van der Waals surface area contributed by atoms with E-state index in [4.69, 9.17) is 16.5 Å². The third kappa shape index (κ3) is 4.94. The van der Waals surface area contributed by atoms with E-state index in [2.05, 4.69) is 44.7 Å². The molecule has 1 heterocycles. The maximum Gasteiger partial charge on any atom is 0.133 e. The third-order valence-corrected chi connectivity index (χ3v) is 5.85. The van der Waals surface area contributed by atoms with Crippen LogP contribution >= 0.6 is 0 Å². The summed E-state index contributed by atoms with van der Waals surface area (Å²) < 4.78 is 16.4. The predicted molar refractivity (Wildman–Crippen MR) is 128 cm³/mol. The van der Waals surface area contributed by atoms with Crippen molar-refractivity contribution in [1.29, 1.82) is 0 Å². The maximum absolute atomic E-state index is 14.5. The average Bonchev–Trinajstić information content (AvgIpc) is 3.07. The summed E-state index contributed by atoms with van der Waals surface area (Å²) in [7, 11) is 0. The molecule has 0 radical (unpaired) electrons. The number of halogens is 1. The summed E-state index contributed by atoms with van der Waals surface area (Å²) in [6.07, 6.45) is 8.21. The number of aryl methyl sites for hydroxylation is 2. The van der Waals surface area contributed by atoms with Crippen molar-refractivity contribution >= 4 is 12.3 Å². The summed E-state index contributed by atoms with van der Waals surface area (Å²) >= 11 is 0. The van der Waals surface area contributed by atoms with Crippen molar-refractivity contribution < 1.29 is 4.39 Å². The van der Waals surface area contributed by atoms with E-state index in [1.54, 1.807) is 18.3 Å². The highest BCUT2D eigenvalue weighted by Crippen LogP contribution is 2.39. The Bertz CT molecular complexity index is 1060. The van der Waals surface area contributed by atoms with Crippen molar-refractivity contribution in [3.63, 3.8) is 0 Å². The molecule has 1 saturated carbocycles. The highest BCUT2D eigenvalue weighted by atomic mass is 19.1. The largest absolute Gasteiger partial charge is 0.403 e. The van der Waals surface area contributed by atoms with E-state index in [-0.39, 0.29) is 12.4 Å². The first-order valence-corrected chi connectivity index (χ1v) is 10.6. The Morgan fingerprint density at radius 1 is 1.16 bits per heavy atom. The molecule has 0 bridgehead atoms. The van der Waals surface area contributed by atoms with Crippen LogP contribution in [0.4, 0.5) is 4.39 Å². The van der Waals surface area contributed by atoms with Gasteiger partial charge < -0.3 is 16.0 Å². The summed E-state index contributed by atoms with van der Waals surface area (Å²) in [5.41, 5.74) is 16.8. The summed E-state index contributed by atoms with van der Waals surface area (Å²) in [4.78, 5) is 4.72. The van der Waals surface area contributed by atoms with E-state index < -0.39 is 0 Å². The number of hydrogen-bond acceptors (Lipinski definition) is 3. The molecule has 0 amide bonds. The fourth-order valence-corrected chi connectivity index (χ4v) is 3.62. The normalized spacial score (nSPS) is 13.5. The summed E-state index contributed by atoms with van der Waals surface area (Å²) in [5, 5.41) is 0. The molecule has 3 aromatic rings. The van der Waals surface area contributed by atoms with Crippen molar-refractivity contribution in [3.05, 3.63) is 89.3 Å². The molecule has 4 N–H and O–H groups in total. The lowest BCUT2D eigenvalue weighted by Gasteiger charge is -2.24. The first-order chi connectivity index (χ1) is 15.0. The Hall–Kier alpha value is -3.18. The van der Waals surface area contributed by atoms with Crippen LogP contribution in [0.2, 0.25) is 0 Å². The van der Waals surface area contributed by atoms with Crippen LogP contribution in [0.5, 0.6) is 0 Å². The van der Waals surface area contributed by atoms with Crippen LogP contribution in [-0.2, 0) is 6.54 Å². The second-order valence-electron chi connectivity index (χ2n) is 7.84. The molecule has 1 aliphatic carbocycles. The van der Waals surface area contributed by atoms with Gasteiger partial charge in [-0.1, -0.05) is 49.4 Å². The van der Waals surface area contributed by atoms with Gasteiger partial charge in [-0.25, -0.2) is 9.37 Å². The van der Waals surface area contributed by atoms with E-state index in [1.807, 2.05) is 10.6 Å². The van der Waals surface area contributed by atoms with E-state index in [1.165, 1.54) is 29.8 Å². The summed E-state index contributed by atoms with van der Waals surface area (Å²) in [6.45, 7) is 8.17. The van der Waals surface area contributed by atoms with Gasteiger partial charge in [0, 0.05) is 30.4 Å². The Morgan fingerprint density at radius 2 is 1.84 bits per heavy atom. The number of nitrogens with zero attached hydrogens (tertiary/aromatic N) is 2. The van der Waals surface area contributed by atoms with Gasteiger partial charge in [0.2, 0.25) is 0 Å². The van der Waals surface area contributed by atoms with E-state index >= 15 is 0 Å². The zero-order valence-corrected chi connectivity index (χ0v) is 18.3. The topological polar surface area (TPSA) is 69.9 Å². The zero-order valence-electron chi connectivity index (χ0n) is 18.3. The van der Waals surface area contributed by atoms with Crippen molar-refractivity contribution in [2.75, 3.05) is 0 Å². The SMILES string of the molecule is C=Cc1ccc(-c2nc(C3CCC3)n(/C=C\N)c2CN)c(F)c1.Cc1ccccc1C. The monoisotopic (exact) mass is 418 g/mol. The van der Waals surface area contributed by atoms with E-state index in [0.717, 1.165) is 29.9 Å². The van der Waals surface area contributed by atoms with Gasteiger partial charge >= 0.3 is 0 Å². The molecule has 4 nitrogen and oxygen atoms in total. The van der Waals surface area contributed by atoms with Crippen LogP contribution in [-0.4, -0.2) is 9.55 Å². The standard InChI is InChI=1S/C18H21FN4.C8H10/c1-2-12-6-7-14(15(19)10-12)17-16(11-21)23(9-8-20)18(22-17)13-4-3-5-13;1-7-5-3-4-6-8(7)2/h2,6-10,13H,1,3-5,11,20-21H2;3-6H,1-2H3/b9-8-;. The number of aromatic nitrogens is 2. The van der Waals surface area contributed by atoms with Crippen LogP contribution in [0.3, 0.4) is 0 Å². The zero-order chi connectivity index (χ0) is 22.4. The predicted octanol–water partition coefficient (Wildman–Crippen LogP) is 5.75. The second kappa shape index (κ2) is 10.2. The molecule has 162 valence electrons. The highest BCUT2D eigenvalue weighted by Gasteiger charge is 2.28. The molecular formula is C26H31FN4. The third-order valence-electron chi connectivity index (χ3n) is 5.85. The van der Waals surface area contributed by atoms with Crippen molar-refractivity contribution in [3.8, 4) is 11.3 Å². The van der Waals surface area contributed by atoms with Gasteiger partial charge in [0.15, 0.2) is 0 Å². The number of nitrogens with two attached hydrogens (primary N) is 2. The lowest BCUT2D eigenvalue weighted by Crippen LogP contribution is -2.15. The van der Waals surface area contributed by atoms with Crippen LogP contribution < -0.4 is 11.5 Å². The van der Waals surface area contributed by atoms with E-state index in [0.29, 0.717) is 17.2 Å². The van der Waals surface area contributed by atoms with Crippen molar-refractivity contribution in [1.82, 2.24) is 9.55 Å². The fraction of sp³-hybridized carbons (Fsp3) is 0.269. The van der Waals surface area contributed by atoms with Gasteiger partial charge in [0.1, 0.15) is 11.6 Å². The van der Waals surface area contributed by atoms with Crippen LogP contribution in [0.25, 0.3) is 23.5 Å². The van der Waals surface area contributed by atoms with Gasteiger partial charge in [-0.05, 0) is 55.5 Å². The highest BCUT2D eigenvalue weighted by molar-refractivity contribution is 5.67. The first kappa shape index (κ1) is 22.5. The van der Waals surface area contributed by atoms with Gasteiger partial charge in [-0.15, -0.1) is 0 Å². The molecular weight excluding hydrogens is 387 g/mol. The molecule has 0 saturated heterocycles. The molecule has 2 aromatic carbocycles. The number of hydrogen-bond donors (Lipinski definition) is 2. The van der Waals surface area contributed by atoms with Crippen LogP contribution in [0.15, 0.2) is 55.2 Å². The molecule has 0 aliphatic heterocycles. The molecule has 1 fully saturated rings. The Morgan fingerprint density at radius 3 is 2.29 bits per heavy atom. The molecule has 1 aromatic heterocycles. The average molecular weight is 419 g/mol. The van der Waals surface area contributed by atoms with Crippen LogP contribution in [0, 0.1) is 19.7 Å². The fourth-order valence-electron chi connectivity index (χ4n) is 3.62. The Balaban J connectivity index is 0.000000287. The second-order valence-corrected chi connectivity index (χ2v) is 7.84. The van der Waals surface area contributed by atoms with E-state index in [9.17, 15) is 4.39 Å². The molecule has 4 rings (SSSR count). The smallest absolute Gasteiger partial charge is 0.133 e. The van der Waals surface area contributed by atoms with Gasteiger partial charge in [-0.2, -0.15) is 0 Å². The van der Waals surface area contributed by atoms with Crippen LogP contribution in [0.1, 0.15) is 53.4 Å². The minimum absolute atomic E-state index is 0.266. The van der Waals surface area contributed by atoms with Gasteiger partial charge in [0.05, 0.1) is 11.4 Å². The minimum Gasteiger partial charge on any atom is -0.403 e. The maximum atomic E-state index is 14.5. The molecule has 31 heavy (non-hydrogen) atoms. The quantitative estimate of drug-likeness (QED) is 0.554. The molecule has 0 spiro atoms. The lowest BCUT2D eigenvalue weighted by molar-refractivity contribution is 0.398. The number of rotatable bonds is 5. The molecule has 0 unspecified atom stereocenters. The first-order valence-electron chi connectivity index (χ1n) is 10.6. The minimum atomic E-state index is -0.321.